The van der Waals surface area contributed by atoms with Crippen LogP contribution in [-0.4, -0.2) is 27.5 Å². The Kier molecular flexibility index (Phi) is 7.75. The fraction of sp³-hybridized carbons (Fsp3) is 0.304. The number of nitrogens with two attached hydrogens (primary N) is 1. The summed E-state index contributed by atoms with van der Waals surface area (Å²) in [6, 6.07) is 19.8. The maximum atomic E-state index is 12.7. The molecule has 1 heterocycles. The van der Waals surface area contributed by atoms with Crippen molar-refractivity contribution in [3.8, 4) is 0 Å². The molecule has 2 aromatic carbocycles. The second-order valence-corrected chi connectivity index (χ2v) is 7.94. The van der Waals surface area contributed by atoms with Crippen LogP contribution in [0.4, 0.5) is 0 Å². The molecule has 0 aliphatic rings. The summed E-state index contributed by atoms with van der Waals surface area (Å²) >= 11 is 3.49. The second kappa shape index (κ2) is 10.5. The molecule has 1 unspecified atom stereocenters. The lowest BCUT2D eigenvalue weighted by atomic mass is 10.1. The van der Waals surface area contributed by atoms with Gasteiger partial charge in [-0.3, -0.25) is 14.3 Å². The average Bonchev–Trinajstić information content (AvgIpc) is 2.73. The third-order valence-electron chi connectivity index (χ3n) is 4.99. The van der Waals surface area contributed by atoms with Crippen molar-refractivity contribution in [1.82, 2.24) is 14.5 Å². The molecular formula is C23H27BrN4O. The van der Waals surface area contributed by atoms with Gasteiger partial charge in [-0.25, -0.2) is 4.98 Å². The van der Waals surface area contributed by atoms with E-state index in [1.54, 1.807) is 10.8 Å². The molecule has 6 heteroatoms. The van der Waals surface area contributed by atoms with Crippen LogP contribution in [-0.2, 0) is 13.1 Å². The van der Waals surface area contributed by atoms with Crippen molar-refractivity contribution in [2.24, 2.45) is 5.73 Å². The van der Waals surface area contributed by atoms with Gasteiger partial charge in [-0.2, -0.15) is 0 Å². The number of hydrogen-bond donors (Lipinski definition) is 1. The SMILES string of the molecule is CCC(c1nccc(=O)n1Cc1ccccc1)N(CCN)Cc1ccc(Br)cc1. The molecule has 1 aromatic heterocycles. The lowest BCUT2D eigenvalue weighted by Gasteiger charge is -2.31. The number of nitrogens with zero attached hydrogens (tertiary/aromatic N) is 3. The van der Waals surface area contributed by atoms with E-state index in [4.69, 9.17) is 5.73 Å². The Bertz CT molecular complexity index is 957. The Balaban J connectivity index is 1.95. The highest BCUT2D eigenvalue weighted by molar-refractivity contribution is 9.10. The van der Waals surface area contributed by atoms with Gasteiger partial charge in [0.15, 0.2) is 0 Å². The first-order valence-corrected chi connectivity index (χ1v) is 10.7. The second-order valence-electron chi connectivity index (χ2n) is 7.02. The van der Waals surface area contributed by atoms with E-state index < -0.39 is 0 Å². The van der Waals surface area contributed by atoms with Crippen molar-refractivity contribution in [3.63, 3.8) is 0 Å². The number of hydrogen-bond acceptors (Lipinski definition) is 4. The van der Waals surface area contributed by atoms with Gasteiger partial charge in [0, 0.05) is 36.4 Å². The molecule has 1 atom stereocenters. The molecule has 0 saturated heterocycles. The number of halogens is 1. The van der Waals surface area contributed by atoms with Crippen LogP contribution in [0.15, 0.2) is 76.1 Å². The van der Waals surface area contributed by atoms with Crippen LogP contribution in [0.5, 0.6) is 0 Å². The van der Waals surface area contributed by atoms with E-state index in [1.165, 1.54) is 11.6 Å². The van der Waals surface area contributed by atoms with Crippen molar-refractivity contribution < 1.29 is 0 Å². The smallest absolute Gasteiger partial charge is 0.253 e. The normalized spacial score (nSPS) is 12.3. The third kappa shape index (κ3) is 5.63. The van der Waals surface area contributed by atoms with E-state index in [9.17, 15) is 4.79 Å². The largest absolute Gasteiger partial charge is 0.329 e. The third-order valence-corrected chi connectivity index (χ3v) is 5.52. The molecule has 0 aliphatic heterocycles. The minimum Gasteiger partial charge on any atom is -0.329 e. The minimum absolute atomic E-state index is 0.000177. The fourth-order valence-electron chi connectivity index (χ4n) is 3.58. The van der Waals surface area contributed by atoms with E-state index in [-0.39, 0.29) is 11.6 Å². The average molecular weight is 455 g/mol. The lowest BCUT2D eigenvalue weighted by molar-refractivity contribution is 0.175. The topological polar surface area (TPSA) is 64.2 Å². The Labute approximate surface area is 180 Å². The molecule has 3 rings (SSSR count). The Morgan fingerprint density at radius 3 is 2.45 bits per heavy atom. The van der Waals surface area contributed by atoms with Crippen LogP contribution in [0.2, 0.25) is 0 Å². The van der Waals surface area contributed by atoms with Crippen molar-refractivity contribution in [2.45, 2.75) is 32.5 Å². The molecule has 0 spiro atoms. The predicted molar refractivity (Wildman–Crippen MR) is 121 cm³/mol. The van der Waals surface area contributed by atoms with Gasteiger partial charge in [0.2, 0.25) is 0 Å². The first-order chi connectivity index (χ1) is 14.1. The highest BCUT2D eigenvalue weighted by atomic mass is 79.9. The zero-order valence-electron chi connectivity index (χ0n) is 16.7. The van der Waals surface area contributed by atoms with Gasteiger partial charge in [0.05, 0.1) is 12.6 Å². The summed E-state index contributed by atoms with van der Waals surface area (Å²) in [7, 11) is 0. The van der Waals surface area contributed by atoms with Gasteiger partial charge in [0.25, 0.3) is 5.56 Å². The number of aromatic nitrogens is 2. The Morgan fingerprint density at radius 2 is 1.79 bits per heavy atom. The molecule has 0 radical (unpaired) electrons. The summed E-state index contributed by atoms with van der Waals surface area (Å²) in [5.41, 5.74) is 8.18. The van der Waals surface area contributed by atoms with Crippen molar-refractivity contribution in [1.29, 1.82) is 0 Å². The van der Waals surface area contributed by atoms with Crippen molar-refractivity contribution in [2.75, 3.05) is 13.1 Å². The maximum absolute atomic E-state index is 12.7. The molecule has 152 valence electrons. The summed E-state index contributed by atoms with van der Waals surface area (Å²) in [6.07, 6.45) is 2.45. The van der Waals surface area contributed by atoms with Gasteiger partial charge in [0.1, 0.15) is 5.82 Å². The maximum Gasteiger partial charge on any atom is 0.253 e. The van der Waals surface area contributed by atoms with E-state index >= 15 is 0 Å². The highest BCUT2D eigenvalue weighted by Gasteiger charge is 2.23. The number of benzene rings is 2. The quantitative estimate of drug-likeness (QED) is 0.531. The van der Waals surface area contributed by atoms with Crippen molar-refractivity contribution >= 4 is 15.9 Å². The van der Waals surface area contributed by atoms with Gasteiger partial charge in [-0.1, -0.05) is 65.3 Å². The van der Waals surface area contributed by atoms with Gasteiger partial charge >= 0.3 is 0 Å². The zero-order chi connectivity index (χ0) is 20.6. The first-order valence-electron chi connectivity index (χ1n) is 9.90. The van der Waals surface area contributed by atoms with Crippen LogP contribution in [0, 0.1) is 0 Å². The highest BCUT2D eigenvalue weighted by Crippen LogP contribution is 2.24. The van der Waals surface area contributed by atoms with Gasteiger partial charge in [-0.05, 0) is 29.7 Å². The number of rotatable bonds is 9. The predicted octanol–water partition coefficient (Wildman–Crippen LogP) is 3.97. The molecule has 3 aromatic rings. The van der Waals surface area contributed by atoms with Crippen LogP contribution >= 0.6 is 15.9 Å². The lowest BCUT2D eigenvalue weighted by Crippen LogP contribution is -2.37. The summed E-state index contributed by atoms with van der Waals surface area (Å²) in [5, 5.41) is 0. The summed E-state index contributed by atoms with van der Waals surface area (Å²) < 4.78 is 2.84. The van der Waals surface area contributed by atoms with E-state index in [0.29, 0.717) is 13.1 Å². The van der Waals surface area contributed by atoms with Crippen LogP contribution in [0.25, 0.3) is 0 Å². The zero-order valence-corrected chi connectivity index (χ0v) is 18.3. The molecule has 0 bridgehead atoms. The minimum atomic E-state index is -0.0337. The summed E-state index contributed by atoms with van der Waals surface area (Å²) in [4.78, 5) is 19.7. The Hall–Kier alpha value is -2.28. The van der Waals surface area contributed by atoms with Crippen LogP contribution in [0.1, 0.15) is 36.3 Å². The summed E-state index contributed by atoms with van der Waals surface area (Å²) in [6.45, 7) is 4.66. The summed E-state index contributed by atoms with van der Waals surface area (Å²) in [5.74, 6) is 0.786. The Morgan fingerprint density at radius 1 is 1.07 bits per heavy atom. The molecule has 0 saturated carbocycles. The molecule has 2 N–H and O–H groups in total. The van der Waals surface area contributed by atoms with Gasteiger partial charge < -0.3 is 5.73 Å². The molecule has 0 aliphatic carbocycles. The van der Waals surface area contributed by atoms with Crippen molar-refractivity contribution in [3.05, 3.63) is 98.6 Å². The fourth-order valence-corrected chi connectivity index (χ4v) is 3.84. The van der Waals surface area contributed by atoms with E-state index in [2.05, 4.69) is 44.9 Å². The molecule has 0 amide bonds. The molecule has 5 nitrogen and oxygen atoms in total. The van der Waals surface area contributed by atoms with E-state index in [1.807, 2.05) is 42.5 Å². The molecular weight excluding hydrogens is 428 g/mol. The molecule has 29 heavy (non-hydrogen) atoms. The molecule has 0 fully saturated rings. The van der Waals surface area contributed by atoms with Crippen LogP contribution in [0.3, 0.4) is 0 Å². The van der Waals surface area contributed by atoms with Crippen LogP contribution < -0.4 is 11.3 Å². The van der Waals surface area contributed by atoms with Gasteiger partial charge in [-0.15, -0.1) is 0 Å². The first kappa shape index (κ1) is 21.4. The van der Waals surface area contributed by atoms with E-state index in [0.717, 1.165) is 35.4 Å². The monoisotopic (exact) mass is 454 g/mol. The standard InChI is InChI=1S/C23H27BrN4O/c1-2-21(27(15-13-25)16-19-8-10-20(24)11-9-19)23-26-14-12-22(29)28(23)17-18-6-4-3-5-7-18/h3-12,14,21H,2,13,15-17,25H2,1H3.